The van der Waals surface area contributed by atoms with Gasteiger partial charge < -0.3 is 4.42 Å². The first kappa shape index (κ1) is 80.3. The fraction of sp³-hybridized carbons (Fsp3) is 0.0233. The number of hydrogen-bond acceptors (Lipinski definition) is 8. The maximum absolute atomic E-state index is 6.57. The molecule has 10 nitrogen and oxygen atoms in total. The minimum atomic E-state index is -0.126. The van der Waals surface area contributed by atoms with Gasteiger partial charge in [-0.05, 0) is 197 Å². The third-order valence-electron chi connectivity index (χ3n) is 28.7. The van der Waals surface area contributed by atoms with Crippen molar-refractivity contribution in [3.8, 4) is 95.7 Å². The van der Waals surface area contributed by atoms with Gasteiger partial charge in [-0.15, -0.1) is 11.3 Å². The van der Waals surface area contributed by atoms with Crippen molar-refractivity contribution in [3.05, 3.63) is 466 Å². The van der Waals surface area contributed by atoms with Crippen molar-refractivity contribution >= 4 is 184 Å². The molecular weight excluding hydrogens is 1720 g/mol. The quantitative estimate of drug-likeness (QED) is 0.142. The van der Waals surface area contributed by atoms with Crippen LogP contribution in [-0.2, 0) is 5.41 Å². The molecule has 21 aromatic carbocycles. The van der Waals surface area contributed by atoms with Crippen LogP contribution in [0.4, 0.5) is 0 Å². The van der Waals surface area contributed by atoms with Gasteiger partial charge in [0.25, 0.3) is 0 Å². The lowest BCUT2D eigenvalue weighted by Gasteiger charge is -2.22. The molecule has 654 valence electrons. The zero-order chi connectivity index (χ0) is 92.4. The van der Waals surface area contributed by atoms with E-state index in [1.807, 2.05) is 29.5 Å². The molecule has 0 fully saturated rings. The molecule has 30 rings (SSSR count). The van der Waals surface area contributed by atoms with Gasteiger partial charge in [0.2, 0.25) is 0 Å². The third-order valence-corrected chi connectivity index (χ3v) is 29.9. The Labute approximate surface area is 807 Å². The maximum Gasteiger partial charge on any atom is 0.165 e. The summed E-state index contributed by atoms with van der Waals surface area (Å²) in [5, 5.41) is 19.1. The summed E-state index contributed by atoms with van der Waals surface area (Å²) in [5.41, 5.74) is 31.0. The monoisotopic (exact) mass is 1800 g/mol. The number of nitrogens with zero attached hydrogens (tertiary/aromatic N) is 9. The second-order valence-corrected chi connectivity index (χ2v) is 38.1. The van der Waals surface area contributed by atoms with E-state index in [4.69, 9.17) is 34.3 Å². The summed E-state index contributed by atoms with van der Waals surface area (Å²) in [7, 11) is 0. The Morgan fingerprint density at radius 3 is 1.04 bits per heavy atom. The molecule has 0 saturated carbocycles. The molecule has 0 unspecified atom stereocenters. The predicted octanol–water partition coefficient (Wildman–Crippen LogP) is 34.2. The molecule has 29 aromatic rings. The fourth-order valence-corrected chi connectivity index (χ4v) is 23.3. The average molecular weight is 1810 g/mol. The molecule has 0 amide bonds. The van der Waals surface area contributed by atoms with Crippen molar-refractivity contribution in [2.75, 3.05) is 0 Å². The highest BCUT2D eigenvalue weighted by molar-refractivity contribution is 7.26. The van der Waals surface area contributed by atoms with Crippen molar-refractivity contribution in [1.82, 2.24) is 43.6 Å². The largest absolute Gasteiger partial charge is 0.455 e. The lowest BCUT2D eigenvalue weighted by molar-refractivity contribution is 0.660. The van der Waals surface area contributed by atoms with E-state index < -0.39 is 0 Å². The number of hydrogen-bond donors (Lipinski definition) is 0. The lowest BCUT2D eigenvalue weighted by atomic mass is 9.82. The Balaban J connectivity index is 0.000000103. The van der Waals surface area contributed by atoms with Crippen molar-refractivity contribution < 1.29 is 4.42 Å². The molecule has 0 saturated heterocycles. The smallest absolute Gasteiger partial charge is 0.165 e. The molecule has 0 N–H and O–H groups in total. The first-order valence-electron chi connectivity index (χ1n) is 47.6. The molecule has 140 heavy (non-hydrogen) atoms. The molecule has 8 aromatic heterocycles. The molecule has 0 atom stereocenters. The number of thiophene rings is 1. The number of rotatable bonds is 9. The average Bonchev–Trinajstić information content (AvgIpc) is 1.58. The van der Waals surface area contributed by atoms with Gasteiger partial charge >= 0.3 is 0 Å². The summed E-state index contributed by atoms with van der Waals surface area (Å²) < 4.78 is 16.0. The van der Waals surface area contributed by atoms with E-state index in [0.717, 1.165) is 173 Å². The van der Waals surface area contributed by atoms with Crippen LogP contribution in [0.25, 0.3) is 269 Å². The highest BCUT2D eigenvalue weighted by Gasteiger charge is 2.38. The Morgan fingerprint density at radius 1 is 0.221 bits per heavy atom. The SMILES string of the molecule is CC1(C)c2ccccc2-c2c(-c3nc4cc(-c5ccccc5)ccc4nc3-n3c4ccccc4c4cc5ccccc5cc43)cccc21.c1ccc(-c2ccc3nc(-n4c5ccccc5c5cc6ccccc6cc54)c(-c4cccc5c4oc4ccccc45)nc3c2)cc1.c1ccc(-c2ccc3nc(-n4c5ccccc5c5cc6ccccc6cc54)c(-c4cccc5c4sc4ccccc45)nc3c2)cc1. The molecule has 8 heterocycles. The van der Waals surface area contributed by atoms with Crippen molar-refractivity contribution in [3.63, 3.8) is 0 Å². The van der Waals surface area contributed by atoms with Crippen LogP contribution in [0.3, 0.4) is 0 Å². The topological polar surface area (TPSA) is 105 Å². The highest BCUT2D eigenvalue weighted by Crippen LogP contribution is 2.54. The third kappa shape index (κ3) is 12.9. The molecule has 11 heteroatoms. The van der Waals surface area contributed by atoms with Gasteiger partial charge in [-0.3, -0.25) is 13.7 Å². The second kappa shape index (κ2) is 32.0. The Bertz CT molecular complexity index is 9830. The van der Waals surface area contributed by atoms with E-state index >= 15 is 0 Å². The van der Waals surface area contributed by atoms with Crippen molar-refractivity contribution in [1.29, 1.82) is 0 Å². The van der Waals surface area contributed by atoms with Gasteiger partial charge in [0, 0.05) is 85.4 Å². The summed E-state index contributed by atoms with van der Waals surface area (Å²) in [6.45, 7) is 4.66. The number of para-hydroxylation sites is 5. The molecule has 1 aliphatic carbocycles. The lowest BCUT2D eigenvalue weighted by Crippen LogP contribution is -2.14. The second-order valence-electron chi connectivity index (χ2n) is 37.1. The van der Waals surface area contributed by atoms with E-state index in [1.165, 1.54) is 107 Å². The highest BCUT2D eigenvalue weighted by atomic mass is 32.1. The number of furan rings is 1. The van der Waals surface area contributed by atoms with Crippen LogP contribution < -0.4 is 0 Å². The first-order valence-corrected chi connectivity index (χ1v) is 48.4. The van der Waals surface area contributed by atoms with E-state index in [-0.39, 0.29) is 5.41 Å². The summed E-state index contributed by atoms with van der Waals surface area (Å²) in [6.07, 6.45) is 0. The fourth-order valence-electron chi connectivity index (χ4n) is 22.0. The van der Waals surface area contributed by atoms with E-state index in [2.05, 4.69) is 464 Å². The van der Waals surface area contributed by atoms with Crippen LogP contribution in [0.2, 0.25) is 0 Å². The van der Waals surface area contributed by atoms with Gasteiger partial charge in [0.05, 0.1) is 66.2 Å². The molecule has 0 bridgehead atoms. The summed E-state index contributed by atoms with van der Waals surface area (Å²) in [5.74, 6) is 2.45. The van der Waals surface area contributed by atoms with Crippen molar-refractivity contribution in [2.45, 2.75) is 19.3 Å². The minimum absolute atomic E-state index is 0.126. The van der Waals surface area contributed by atoms with Gasteiger partial charge in [-0.1, -0.05) is 360 Å². The van der Waals surface area contributed by atoms with Gasteiger partial charge in [0.1, 0.15) is 28.2 Å². The van der Waals surface area contributed by atoms with Crippen LogP contribution in [0.15, 0.2) is 459 Å². The number of fused-ring (bicyclic) bond motifs is 24. The van der Waals surface area contributed by atoms with Gasteiger partial charge in [-0.25, -0.2) is 29.9 Å². The van der Waals surface area contributed by atoms with E-state index in [9.17, 15) is 0 Å². The molecule has 0 aliphatic heterocycles. The van der Waals surface area contributed by atoms with E-state index in [0.29, 0.717) is 0 Å². The minimum Gasteiger partial charge on any atom is -0.455 e. The number of aromatic nitrogens is 9. The number of benzene rings is 21. The predicted molar refractivity (Wildman–Crippen MR) is 584 cm³/mol. The Morgan fingerprint density at radius 2 is 0.564 bits per heavy atom. The van der Waals surface area contributed by atoms with Crippen LogP contribution in [-0.4, -0.2) is 43.6 Å². The Kier molecular flexibility index (Phi) is 18.4. The van der Waals surface area contributed by atoms with Crippen LogP contribution in [0.1, 0.15) is 25.0 Å². The van der Waals surface area contributed by atoms with Crippen LogP contribution in [0.5, 0.6) is 0 Å². The summed E-state index contributed by atoms with van der Waals surface area (Å²) >= 11 is 1.83. The van der Waals surface area contributed by atoms with Gasteiger partial charge in [0.15, 0.2) is 17.5 Å². The molecule has 0 radical (unpaired) electrons. The van der Waals surface area contributed by atoms with Gasteiger partial charge in [-0.2, -0.15) is 0 Å². The molecule has 0 spiro atoms. The summed E-state index contributed by atoms with van der Waals surface area (Å²) in [4.78, 5) is 33.0. The Hall–Kier alpha value is -18.2. The normalized spacial score (nSPS) is 12.4. The van der Waals surface area contributed by atoms with E-state index in [1.54, 1.807) is 0 Å². The standard InChI is InChI=1S/C45H31N3.C42H25N3O.C42H25N3S/c1-45(2)36-20-10-8-18-33(36)42-34(19-12-21-37(42)45)43-44(47-38-24-23-31(26-39(38)46-43)28-13-4-3-5-14-28)48-40-22-11-9-17-32(40)35-25-29-15-6-7-16-30(29)27-41(35)48;2*1-2-11-26(12-3-1)29-21-22-35-36(24-29)43-40(33-18-10-17-32-31-16-7-9-20-39(31)46-41(32)33)42(44-35)45-37-19-8-6-15-30(37)34-23-27-13-4-5-14-28(27)25-38(34)45/h3-27H,1-2H3;2*1-25H. The summed E-state index contributed by atoms with van der Waals surface area (Å²) in [6, 6.07) is 162. The maximum atomic E-state index is 6.57. The van der Waals surface area contributed by atoms with Crippen LogP contribution in [0, 0.1) is 0 Å². The molecular formula is C129H81N9OS. The van der Waals surface area contributed by atoms with Crippen molar-refractivity contribution in [2.24, 2.45) is 0 Å². The zero-order valence-corrected chi connectivity index (χ0v) is 77.0. The molecule has 1 aliphatic rings. The zero-order valence-electron chi connectivity index (χ0n) is 76.1. The first-order chi connectivity index (χ1) is 69.2. The van der Waals surface area contributed by atoms with Crippen LogP contribution >= 0.6 is 11.3 Å².